The quantitative estimate of drug-likeness (QED) is 0.325. The van der Waals surface area contributed by atoms with Crippen molar-refractivity contribution in [1.29, 1.82) is 0 Å². The Kier molecular flexibility index (Phi) is 7.22. The highest BCUT2D eigenvalue weighted by molar-refractivity contribution is 7.12. The molecule has 0 atom stereocenters. The van der Waals surface area contributed by atoms with Crippen LogP contribution in [-0.4, -0.2) is 28.6 Å². The van der Waals surface area contributed by atoms with E-state index in [0.717, 1.165) is 53.3 Å². The van der Waals surface area contributed by atoms with Crippen LogP contribution in [0, 0.1) is 13.8 Å². The van der Waals surface area contributed by atoms with Crippen LogP contribution >= 0.6 is 11.3 Å². The maximum atomic E-state index is 12.1. The van der Waals surface area contributed by atoms with E-state index in [-0.39, 0.29) is 5.91 Å². The third-order valence-corrected chi connectivity index (χ3v) is 6.55. The molecular formula is C26H29N3O2S. The van der Waals surface area contributed by atoms with Crippen LogP contribution in [0.3, 0.4) is 0 Å². The molecule has 166 valence electrons. The summed E-state index contributed by atoms with van der Waals surface area (Å²) in [7, 11) is 0. The zero-order valence-corrected chi connectivity index (χ0v) is 19.5. The van der Waals surface area contributed by atoms with Gasteiger partial charge in [-0.15, -0.1) is 11.3 Å². The van der Waals surface area contributed by atoms with Crippen LogP contribution in [0.2, 0.25) is 0 Å². The van der Waals surface area contributed by atoms with Crippen molar-refractivity contribution in [2.75, 3.05) is 13.2 Å². The standard InChI is InChI=1S/C26H29N3O2S/c1-19-9-5-12-23(20(19)2)31-17-8-16-29-22-11-4-3-10-21(22)28-25(29)14-6-15-27-26(30)24-13-7-18-32-24/h3-5,7,9-13,18H,6,8,14-17H2,1-2H3,(H,27,30). The van der Waals surface area contributed by atoms with Crippen molar-refractivity contribution in [2.45, 2.75) is 39.7 Å². The molecule has 2 aromatic carbocycles. The van der Waals surface area contributed by atoms with Gasteiger partial charge in [0.25, 0.3) is 5.91 Å². The number of thiophene rings is 1. The molecule has 6 heteroatoms. The first-order chi connectivity index (χ1) is 15.6. The fourth-order valence-electron chi connectivity index (χ4n) is 3.79. The minimum absolute atomic E-state index is 0.00269. The number of amides is 1. The van der Waals surface area contributed by atoms with Crippen molar-refractivity contribution in [3.63, 3.8) is 0 Å². The second-order valence-corrected chi connectivity index (χ2v) is 8.85. The molecule has 0 aliphatic heterocycles. The van der Waals surface area contributed by atoms with Crippen molar-refractivity contribution < 1.29 is 9.53 Å². The maximum absolute atomic E-state index is 12.1. The number of ether oxygens (including phenoxy) is 1. The Morgan fingerprint density at radius 2 is 1.94 bits per heavy atom. The zero-order chi connectivity index (χ0) is 22.3. The molecule has 0 saturated carbocycles. The maximum Gasteiger partial charge on any atom is 0.261 e. The summed E-state index contributed by atoms with van der Waals surface area (Å²) in [4.78, 5) is 17.7. The van der Waals surface area contributed by atoms with Gasteiger partial charge in [-0.1, -0.05) is 30.3 Å². The number of benzene rings is 2. The van der Waals surface area contributed by atoms with E-state index in [1.807, 2.05) is 35.7 Å². The van der Waals surface area contributed by atoms with E-state index in [9.17, 15) is 4.79 Å². The van der Waals surface area contributed by atoms with Crippen LogP contribution < -0.4 is 10.1 Å². The molecule has 0 spiro atoms. The number of aryl methyl sites for hydroxylation is 3. The van der Waals surface area contributed by atoms with Gasteiger partial charge in [-0.2, -0.15) is 0 Å². The van der Waals surface area contributed by atoms with Gasteiger partial charge < -0.3 is 14.6 Å². The van der Waals surface area contributed by atoms with Crippen LogP contribution in [-0.2, 0) is 13.0 Å². The molecule has 0 aliphatic rings. The van der Waals surface area contributed by atoms with Gasteiger partial charge >= 0.3 is 0 Å². The summed E-state index contributed by atoms with van der Waals surface area (Å²) < 4.78 is 8.34. The Hall–Kier alpha value is -3.12. The molecule has 4 rings (SSSR count). The molecule has 1 amide bonds. The van der Waals surface area contributed by atoms with E-state index >= 15 is 0 Å². The number of carbonyl (C=O) groups is 1. The van der Waals surface area contributed by atoms with Gasteiger partial charge in [-0.25, -0.2) is 4.98 Å². The largest absolute Gasteiger partial charge is 0.493 e. The Labute approximate surface area is 193 Å². The summed E-state index contributed by atoms with van der Waals surface area (Å²) in [5, 5.41) is 4.92. The Morgan fingerprint density at radius 1 is 1.06 bits per heavy atom. The van der Waals surface area contributed by atoms with Crippen LogP contribution in [0.5, 0.6) is 5.75 Å². The Bertz CT molecular complexity index is 1180. The monoisotopic (exact) mass is 447 g/mol. The van der Waals surface area contributed by atoms with E-state index in [0.29, 0.717) is 13.2 Å². The third kappa shape index (κ3) is 5.19. The average molecular weight is 448 g/mol. The number of hydrogen-bond donors (Lipinski definition) is 1. The molecule has 0 unspecified atom stereocenters. The minimum atomic E-state index is -0.00269. The molecule has 1 N–H and O–H groups in total. The van der Waals surface area contributed by atoms with Gasteiger partial charge in [0.05, 0.1) is 22.5 Å². The molecule has 5 nitrogen and oxygen atoms in total. The lowest BCUT2D eigenvalue weighted by atomic mass is 10.1. The molecule has 0 saturated heterocycles. The van der Waals surface area contributed by atoms with Gasteiger partial charge in [-0.3, -0.25) is 4.79 Å². The molecular weight excluding hydrogens is 418 g/mol. The Balaban J connectivity index is 1.34. The fraction of sp³-hybridized carbons (Fsp3) is 0.308. The van der Waals surface area contributed by atoms with E-state index in [1.54, 1.807) is 0 Å². The number of para-hydroxylation sites is 2. The first kappa shape index (κ1) is 22.1. The van der Waals surface area contributed by atoms with Gasteiger partial charge in [-0.05, 0) is 67.5 Å². The van der Waals surface area contributed by atoms with Gasteiger partial charge in [0.1, 0.15) is 11.6 Å². The number of rotatable bonds is 10. The predicted octanol–water partition coefficient (Wildman–Crippen LogP) is 5.55. The molecule has 2 aromatic heterocycles. The van der Waals surface area contributed by atoms with Crippen molar-refractivity contribution in [3.05, 3.63) is 81.8 Å². The molecule has 0 aliphatic carbocycles. The molecule has 2 heterocycles. The lowest BCUT2D eigenvalue weighted by Gasteiger charge is -2.13. The highest BCUT2D eigenvalue weighted by atomic mass is 32.1. The van der Waals surface area contributed by atoms with E-state index < -0.39 is 0 Å². The summed E-state index contributed by atoms with van der Waals surface area (Å²) in [5.41, 5.74) is 4.61. The number of carbonyl (C=O) groups excluding carboxylic acids is 1. The number of nitrogens with zero attached hydrogens (tertiary/aromatic N) is 2. The van der Waals surface area contributed by atoms with Crippen LogP contribution in [0.15, 0.2) is 60.0 Å². The number of aromatic nitrogens is 2. The highest BCUT2D eigenvalue weighted by Crippen LogP contribution is 2.21. The molecule has 32 heavy (non-hydrogen) atoms. The van der Waals surface area contributed by atoms with Crippen molar-refractivity contribution in [1.82, 2.24) is 14.9 Å². The molecule has 4 aromatic rings. The van der Waals surface area contributed by atoms with Crippen LogP contribution in [0.1, 0.15) is 39.5 Å². The van der Waals surface area contributed by atoms with Gasteiger partial charge in [0.2, 0.25) is 0 Å². The van der Waals surface area contributed by atoms with Crippen molar-refractivity contribution >= 4 is 28.3 Å². The van der Waals surface area contributed by atoms with Gasteiger partial charge in [0, 0.05) is 19.5 Å². The molecule has 0 bridgehead atoms. The van der Waals surface area contributed by atoms with Gasteiger partial charge in [0.15, 0.2) is 0 Å². The normalized spacial score (nSPS) is 11.1. The fourth-order valence-corrected chi connectivity index (χ4v) is 4.43. The van der Waals surface area contributed by atoms with E-state index in [1.165, 1.54) is 22.5 Å². The average Bonchev–Trinajstić information content (AvgIpc) is 3.45. The van der Waals surface area contributed by atoms with E-state index in [2.05, 4.69) is 48.0 Å². The van der Waals surface area contributed by atoms with Crippen molar-refractivity contribution in [3.8, 4) is 5.75 Å². The number of hydrogen-bond acceptors (Lipinski definition) is 4. The second-order valence-electron chi connectivity index (χ2n) is 7.91. The SMILES string of the molecule is Cc1cccc(OCCCn2c(CCCNC(=O)c3cccs3)nc3ccccc32)c1C. The molecule has 0 fully saturated rings. The van der Waals surface area contributed by atoms with Crippen LogP contribution in [0.4, 0.5) is 0 Å². The molecule has 0 radical (unpaired) electrons. The number of fused-ring (bicyclic) bond motifs is 1. The topological polar surface area (TPSA) is 56.1 Å². The number of imidazole rings is 1. The number of nitrogens with one attached hydrogen (secondary N) is 1. The minimum Gasteiger partial charge on any atom is -0.493 e. The lowest BCUT2D eigenvalue weighted by Crippen LogP contribution is -2.24. The highest BCUT2D eigenvalue weighted by Gasteiger charge is 2.11. The summed E-state index contributed by atoms with van der Waals surface area (Å²) in [5.74, 6) is 2.02. The first-order valence-electron chi connectivity index (χ1n) is 11.1. The first-order valence-corrected chi connectivity index (χ1v) is 12.0. The predicted molar refractivity (Wildman–Crippen MR) is 131 cm³/mol. The smallest absolute Gasteiger partial charge is 0.261 e. The summed E-state index contributed by atoms with van der Waals surface area (Å²) >= 11 is 1.46. The van der Waals surface area contributed by atoms with E-state index in [4.69, 9.17) is 9.72 Å². The zero-order valence-electron chi connectivity index (χ0n) is 18.6. The second kappa shape index (κ2) is 10.5. The van der Waals surface area contributed by atoms with Crippen LogP contribution in [0.25, 0.3) is 11.0 Å². The third-order valence-electron chi connectivity index (χ3n) is 5.68. The summed E-state index contributed by atoms with van der Waals surface area (Å²) in [6, 6.07) is 18.2. The van der Waals surface area contributed by atoms with Crippen molar-refractivity contribution in [2.24, 2.45) is 0 Å². The summed E-state index contributed by atoms with van der Waals surface area (Å²) in [6.07, 6.45) is 2.56. The Morgan fingerprint density at radius 3 is 2.78 bits per heavy atom. The lowest BCUT2D eigenvalue weighted by molar-refractivity contribution is 0.0957. The summed E-state index contributed by atoms with van der Waals surface area (Å²) in [6.45, 7) is 6.35.